The van der Waals surface area contributed by atoms with Gasteiger partial charge in [0.15, 0.2) is 5.76 Å². The molecule has 0 atom stereocenters. The molecule has 26 heavy (non-hydrogen) atoms. The first-order valence-corrected chi connectivity index (χ1v) is 9.35. The molecule has 140 valence electrons. The van der Waals surface area contributed by atoms with E-state index in [9.17, 15) is 4.79 Å². The first-order valence-electron chi connectivity index (χ1n) is 9.35. The van der Waals surface area contributed by atoms with Crippen LogP contribution in [0.1, 0.15) is 48.6 Å². The van der Waals surface area contributed by atoms with Crippen molar-refractivity contribution < 1.29 is 13.9 Å². The van der Waals surface area contributed by atoms with Crippen LogP contribution in [0.5, 0.6) is 5.75 Å². The Balaban J connectivity index is 1.50. The molecular weight excluding hydrogens is 328 g/mol. The monoisotopic (exact) mass is 356 g/mol. The highest BCUT2D eigenvalue weighted by molar-refractivity contribution is 5.91. The number of carbonyl (C=O) groups excluding carboxylic acids is 1. The fraction of sp³-hybridized carbons (Fsp3) is 0.476. The molecule has 0 aliphatic carbocycles. The van der Waals surface area contributed by atoms with Crippen LogP contribution in [-0.4, -0.2) is 36.0 Å². The molecule has 0 bridgehead atoms. The van der Waals surface area contributed by atoms with Crippen molar-refractivity contribution in [3.8, 4) is 5.75 Å². The number of benzene rings is 1. The molecule has 3 rings (SSSR count). The molecule has 2 aromatic rings. The molecule has 0 spiro atoms. The van der Waals surface area contributed by atoms with Gasteiger partial charge in [-0.1, -0.05) is 18.2 Å². The van der Waals surface area contributed by atoms with Crippen molar-refractivity contribution >= 4 is 5.91 Å². The second-order valence-corrected chi connectivity index (χ2v) is 7.21. The zero-order valence-corrected chi connectivity index (χ0v) is 15.8. The van der Waals surface area contributed by atoms with Gasteiger partial charge in [-0.3, -0.25) is 9.69 Å². The minimum Gasteiger partial charge on any atom is -0.491 e. The van der Waals surface area contributed by atoms with Gasteiger partial charge >= 0.3 is 0 Å². The van der Waals surface area contributed by atoms with Gasteiger partial charge < -0.3 is 14.5 Å². The van der Waals surface area contributed by atoms with Crippen molar-refractivity contribution in [2.45, 2.75) is 52.3 Å². The van der Waals surface area contributed by atoms with E-state index in [0.29, 0.717) is 5.76 Å². The smallest absolute Gasteiger partial charge is 0.287 e. The Morgan fingerprint density at radius 2 is 1.96 bits per heavy atom. The summed E-state index contributed by atoms with van der Waals surface area (Å²) in [5, 5.41) is 3.09. The zero-order valence-electron chi connectivity index (χ0n) is 15.8. The van der Waals surface area contributed by atoms with E-state index in [4.69, 9.17) is 9.15 Å². The number of ether oxygens (including phenoxy) is 1. The van der Waals surface area contributed by atoms with Gasteiger partial charge in [0.05, 0.1) is 6.10 Å². The van der Waals surface area contributed by atoms with Gasteiger partial charge in [0.25, 0.3) is 5.91 Å². The maximum absolute atomic E-state index is 12.2. The van der Waals surface area contributed by atoms with E-state index in [1.807, 2.05) is 39.0 Å². The van der Waals surface area contributed by atoms with Gasteiger partial charge in [-0.25, -0.2) is 0 Å². The maximum atomic E-state index is 12.2. The lowest BCUT2D eigenvalue weighted by molar-refractivity contribution is 0.0879. The van der Waals surface area contributed by atoms with E-state index in [0.717, 1.165) is 44.0 Å². The highest BCUT2D eigenvalue weighted by Gasteiger charge is 2.23. The second kappa shape index (κ2) is 8.41. The number of para-hydroxylation sites is 1. The number of likely N-dealkylation sites (tertiary alicyclic amines) is 1. The van der Waals surface area contributed by atoms with Crippen LogP contribution in [0.15, 0.2) is 40.8 Å². The van der Waals surface area contributed by atoms with Crippen molar-refractivity contribution in [2.75, 3.05) is 13.1 Å². The Morgan fingerprint density at radius 3 is 2.62 bits per heavy atom. The second-order valence-electron chi connectivity index (χ2n) is 7.21. The number of carbonyl (C=O) groups is 1. The molecule has 1 fully saturated rings. The predicted octanol–water partition coefficient (Wildman–Crippen LogP) is 3.77. The summed E-state index contributed by atoms with van der Waals surface area (Å²) in [7, 11) is 0. The van der Waals surface area contributed by atoms with Crippen LogP contribution in [0, 0.1) is 6.92 Å². The number of aryl methyl sites for hydroxylation is 1. The van der Waals surface area contributed by atoms with E-state index < -0.39 is 0 Å². The molecule has 1 aromatic heterocycles. The molecular formula is C21H28N2O3. The summed E-state index contributed by atoms with van der Waals surface area (Å²) in [5.74, 6) is 2.00. The lowest BCUT2D eigenvalue weighted by Gasteiger charge is -2.32. The average Bonchev–Trinajstić information content (AvgIpc) is 3.04. The van der Waals surface area contributed by atoms with E-state index in [-0.39, 0.29) is 18.1 Å². The Bertz CT molecular complexity index is 730. The largest absolute Gasteiger partial charge is 0.491 e. The third-order valence-electron chi connectivity index (χ3n) is 4.62. The van der Waals surface area contributed by atoms with Crippen LogP contribution in [0.4, 0.5) is 0 Å². The van der Waals surface area contributed by atoms with E-state index in [1.54, 1.807) is 6.07 Å². The molecule has 1 saturated heterocycles. The minimum absolute atomic E-state index is 0.118. The molecule has 1 aliphatic heterocycles. The third kappa shape index (κ3) is 4.88. The number of rotatable bonds is 6. The fourth-order valence-corrected chi connectivity index (χ4v) is 3.29. The minimum atomic E-state index is -0.118. The third-order valence-corrected chi connectivity index (χ3v) is 4.62. The highest BCUT2D eigenvalue weighted by atomic mass is 16.5. The molecule has 0 unspecified atom stereocenters. The van der Waals surface area contributed by atoms with Crippen molar-refractivity contribution in [2.24, 2.45) is 0 Å². The Morgan fingerprint density at radius 1 is 1.23 bits per heavy atom. The summed E-state index contributed by atoms with van der Waals surface area (Å²) in [6, 6.07) is 12.0. The van der Waals surface area contributed by atoms with Gasteiger partial charge in [-0.05, 0) is 51.8 Å². The molecule has 2 heterocycles. The quantitative estimate of drug-likeness (QED) is 0.856. The number of hydrogen-bond donors (Lipinski definition) is 1. The Kier molecular flexibility index (Phi) is 5.99. The van der Waals surface area contributed by atoms with Crippen LogP contribution in [0.2, 0.25) is 0 Å². The molecule has 1 aromatic carbocycles. The normalized spacial score (nSPS) is 16.0. The van der Waals surface area contributed by atoms with Gasteiger partial charge in [0, 0.05) is 31.2 Å². The molecule has 1 amide bonds. The predicted molar refractivity (Wildman–Crippen MR) is 101 cm³/mol. The molecule has 1 N–H and O–H groups in total. The van der Waals surface area contributed by atoms with Crippen LogP contribution < -0.4 is 10.1 Å². The molecule has 0 radical (unpaired) electrons. The van der Waals surface area contributed by atoms with Crippen LogP contribution in [0.3, 0.4) is 0 Å². The van der Waals surface area contributed by atoms with Crippen molar-refractivity contribution in [1.82, 2.24) is 10.2 Å². The topological polar surface area (TPSA) is 54.7 Å². The number of hydrogen-bond acceptors (Lipinski definition) is 4. The summed E-state index contributed by atoms with van der Waals surface area (Å²) in [4.78, 5) is 14.6. The molecule has 0 saturated carbocycles. The first kappa shape index (κ1) is 18.5. The van der Waals surface area contributed by atoms with Crippen molar-refractivity contribution in [3.05, 3.63) is 53.5 Å². The Hall–Kier alpha value is -2.27. The Labute approximate surface area is 155 Å². The first-order chi connectivity index (χ1) is 12.5. The SMILES string of the molecule is Cc1ccc(C(=O)NC2CCN(Cc3ccccc3OC(C)C)CC2)o1. The van der Waals surface area contributed by atoms with E-state index in [2.05, 4.69) is 22.3 Å². The van der Waals surface area contributed by atoms with Crippen LogP contribution in [0.25, 0.3) is 0 Å². The fourth-order valence-electron chi connectivity index (χ4n) is 3.29. The van der Waals surface area contributed by atoms with Gasteiger partial charge in [0.1, 0.15) is 11.5 Å². The standard InChI is InChI=1S/C21H28N2O3/c1-15(2)25-19-7-5-4-6-17(19)14-23-12-10-18(11-13-23)22-21(24)20-9-8-16(3)26-20/h4-9,15,18H,10-14H2,1-3H3,(H,22,24). The highest BCUT2D eigenvalue weighted by Crippen LogP contribution is 2.23. The zero-order chi connectivity index (χ0) is 18.5. The lowest BCUT2D eigenvalue weighted by Crippen LogP contribution is -2.44. The van der Waals surface area contributed by atoms with Crippen molar-refractivity contribution in [1.29, 1.82) is 0 Å². The van der Waals surface area contributed by atoms with E-state index >= 15 is 0 Å². The average molecular weight is 356 g/mol. The molecule has 5 heteroatoms. The summed E-state index contributed by atoms with van der Waals surface area (Å²) in [6.07, 6.45) is 2.06. The maximum Gasteiger partial charge on any atom is 0.287 e. The van der Waals surface area contributed by atoms with Gasteiger partial charge in [-0.15, -0.1) is 0 Å². The summed E-state index contributed by atoms with van der Waals surface area (Å²) >= 11 is 0. The number of nitrogens with zero attached hydrogens (tertiary/aromatic N) is 1. The summed E-state index contributed by atoms with van der Waals surface area (Å²) in [5.41, 5.74) is 1.22. The lowest BCUT2D eigenvalue weighted by atomic mass is 10.0. The number of nitrogens with one attached hydrogen (secondary N) is 1. The van der Waals surface area contributed by atoms with Crippen LogP contribution in [-0.2, 0) is 6.54 Å². The number of piperidine rings is 1. The van der Waals surface area contributed by atoms with Crippen molar-refractivity contribution in [3.63, 3.8) is 0 Å². The summed E-state index contributed by atoms with van der Waals surface area (Å²) in [6.45, 7) is 8.73. The van der Waals surface area contributed by atoms with Gasteiger partial charge in [-0.2, -0.15) is 0 Å². The molecule has 5 nitrogen and oxygen atoms in total. The van der Waals surface area contributed by atoms with Gasteiger partial charge in [0.2, 0.25) is 0 Å². The number of amides is 1. The number of furan rings is 1. The molecule has 1 aliphatic rings. The van der Waals surface area contributed by atoms with Crippen LogP contribution >= 0.6 is 0 Å². The van der Waals surface area contributed by atoms with E-state index in [1.165, 1.54) is 5.56 Å². The summed E-state index contributed by atoms with van der Waals surface area (Å²) < 4.78 is 11.3.